The number of benzene rings is 2. The van der Waals surface area contributed by atoms with Gasteiger partial charge in [-0.15, -0.1) is 0 Å². The van der Waals surface area contributed by atoms with Gasteiger partial charge in [0.1, 0.15) is 0 Å². The van der Waals surface area contributed by atoms with Gasteiger partial charge < -0.3 is 4.43 Å². The molecule has 0 fully saturated rings. The average molecular weight is 407 g/mol. The molecule has 0 aliphatic carbocycles. The van der Waals surface area contributed by atoms with Gasteiger partial charge in [0.25, 0.3) is 8.32 Å². The van der Waals surface area contributed by atoms with E-state index in [1.807, 2.05) is 0 Å². The van der Waals surface area contributed by atoms with E-state index in [4.69, 9.17) is 4.43 Å². The predicted octanol–water partition coefficient (Wildman–Crippen LogP) is 6.65. The second-order valence-corrected chi connectivity index (χ2v) is 13.2. The van der Waals surface area contributed by atoms with Crippen molar-refractivity contribution in [2.45, 2.75) is 64.8 Å². The SMILES string of the molecule is C=C(/C=C/CCCCCC)CO[Si](c1ccccc1)(c1ccccc1)C(C)(C)C. The van der Waals surface area contributed by atoms with Crippen LogP contribution < -0.4 is 10.4 Å². The smallest absolute Gasteiger partial charge is 0.261 e. The van der Waals surface area contributed by atoms with Crippen molar-refractivity contribution in [2.24, 2.45) is 0 Å². The molecule has 0 saturated carbocycles. The maximum Gasteiger partial charge on any atom is 0.261 e. The topological polar surface area (TPSA) is 9.23 Å². The average Bonchev–Trinajstić information content (AvgIpc) is 2.71. The third-order valence-electron chi connectivity index (χ3n) is 5.47. The molecule has 2 heteroatoms. The first kappa shape index (κ1) is 23.4. The van der Waals surface area contributed by atoms with Crippen LogP contribution in [0.1, 0.15) is 59.8 Å². The molecule has 0 heterocycles. The molecule has 0 aliphatic heterocycles. The quantitative estimate of drug-likeness (QED) is 0.231. The van der Waals surface area contributed by atoms with Gasteiger partial charge in [-0.25, -0.2) is 0 Å². The van der Waals surface area contributed by atoms with E-state index in [-0.39, 0.29) is 5.04 Å². The molecule has 1 nitrogen and oxygen atoms in total. The Morgan fingerprint density at radius 3 is 1.93 bits per heavy atom. The van der Waals surface area contributed by atoms with Crippen LogP contribution in [0.4, 0.5) is 0 Å². The molecular formula is C27H38OSi. The summed E-state index contributed by atoms with van der Waals surface area (Å²) in [6, 6.07) is 21.6. The van der Waals surface area contributed by atoms with Gasteiger partial charge in [0.15, 0.2) is 0 Å². The van der Waals surface area contributed by atoms with Crippen molar-refractivity contribution in [2.75, 3.05) is 6.61 Å². The van der Waals surface area contributed by atoms with E-state index in [9.17, 15) is 0 Å². The highest BCUT2D eigenvalue weighted by Crippen LogP contribution is 2.36. The second kappa shape index (κ2) is 11.3. The van der Waals surface area contributed by atoms with Crippen molar-refractivity contribution in [1.29, 1.82) is 0 Å². The van der Waals surface area contributed by atoms with Crippen molar-refractivity contribution < 1.29 is 4.43 Å². The molecule has 0 spiro atoms. The van der Waals surface area contributed by atoms with Gasteiger partial charge in [0.05, 0.1) is 6.61 Å². The number of allylic oxidation sites excluding steroid dienone is 1. The van der Waals surface area contributed by atoms with E-state index in [0.717, 1.165) is 12.0 Å². The van der Waals surface area contributed by atoms with E-state index in [2.05, 4.69) is 107 Å². The van der Waals surface area contributed by atoms with Gasteiger partial charge in [-0.05, 0) is 33.8 Å². The Morgan fingerprint density at radius 1 is 0.897 bits per heavy atom. The standard InChI is InChI=1S/C27H38OSi/c1-6-7-8-9-10-13-18-24(2)23-28-29(27(3,4)5,25-19-14-11-15-20-25)26-21-16-12-17-22-26/h11-22H,2,6-10,23H2,1,3-5H3/b18-13+. The van der Waals surface area contributed by atoms with Crippen LogP contribution in [0.25, 0.3) is 0 Å². The summed E-state index contributed by atoms with van der Waals surface area (Å²) in [6.45, 7) is 14.0. The van der Waals surface area contributed by atoms with Crippen LogP contribution in [0, 0.1) is 0 Å². The first-order chi connectivity index (χ1) is 13.9. The summed E-state index contributed by atoms with van der Waals surface area (Å²) in [4.78, 5) is 0. The van der Waals surface area contributed by atoms with E-state index in [1.54, 1.807) is 0 Å². The highest BCUT2D eigenvalue weighted by Gasteiger charge is 2.50. The fraction of sp³-hybridized carbons (Fsp3) is 0.407. The molecule has 0 aromatic heterocycles. The summed E-state index contributed by atoms with van der Waals surface area (Å²) in [5.41, 5.74) is 1.05. The highest BCUT2D eigenvalue weighted by atomic mass is 28.4. The molecule has 156 valence electrons. The molecular weight excluding hydrogens is 368 g/mol. The van der Waals surface area contributed by atoms with Crippen molar-refractivity contribution in [1.82, 2.24) is 0 Å². The Kier molecular flexibility index (Phi) is 9.13. The van der Waals surface area contributed by atoms with Crippen LogP contribution in [0.3, 0.4) is 0 Å². The number of unbranched alkanes of at least 4 members (excludes halogenated alkanes) is 4. The first-order valence-electron chi connectivity index (χ1n) is 11.0. The molecule has 2 rings (SSSR count). The summed E-state index contributed by atoms with van der Waals surface area (Å²) >= 11 is 0. The van der Waals surface area contributed by atoms with Gasteiger partial charge in [-0.1, -0.05) is 126 Å². The van der Waals surface area contributed by atoms with Crippen molar-refractivity contribution in [3.05, 3.63) is 85.0 Å². The summed E-state index contributed by atoms with van der Waals surface area (Å²) in [5, 5.41) is 2.63. The largest absolute Gasteiger partial charge is 0.403 e. The highest BCUT2D eigenvalue weighted by molar-refractivity contribution is 6.99. The minimum atomic E-state index is -2.47. The van der Waals surface area contributed by atoms with Crippen LogP contribution >= 0.6 is 0 Å². The zero-order chi connectivity index (χ0) is 21.2. The van der Waals surface area contributed by atoms with Crippen molar-refractivity contribution in [3.8, 4) is 0 Å². The molecule has 0 amide bonds. The zero-order valence-electron chi connectivity index (χ0n) is 18.8. The third kappa shape index (κ3) is 6.29. The van der Waals surface area contributed by atoms with E-state index >= 15 is 0 Å². The Labute approximate surface area is 179 Å². The molecule has 2 aromatic carbocycles. The van der Waals surface area contributed by atoms with E-state index in [1.165, 1.54) is 36.1 Å². The summed E-state index contributed by atoms with van der Waals surface area (Å²) in [6.07, 6.45) is 10.7. The molecule has 0 bridgehead atoms. The Bertz CT molecular complexity index is 717. The van der Waals surface area contributed by atoms with Gasteiger partial charge in [0.2, 0.25) is 0 Å². The second-order valence-electron chi connectivity index (χ2n) is 8.86. The van der Waals surface area contributed by atoms with Crippen molar-refractivity contribution >= 4 is 18.7 Å². The monoisotopic (exact) mass is 406 g/mol. The maximum absolute atomic E-state index is 6.91. The summed E-state index contributed by atoms with van der Waals surface area (Å²) in [7, 11) is -2.47. The van der Waals surface area contributed by atoms with Crippen molar-refractivity contribution in [3.63, 3.8) is 0 Å². The molecule has 0 radical (unpaired) electrons. The molecule has 2 aromatic rings. The molecule has 0 saturated heterocycles. The molecule has 0 unspecified atom stereocenters. The first-order valence-corrected chi connectivity index (χ1v) is 12.9. The zero-order valence-corrected chi connectivity index (χ0v) is 19.8. The normalized spacial score (nSPS) is 12.4. The minimum Gasteiger partial charge on any atom is -0.403 e. The molecule has 29 heavy (non-hydrogen) atoms. The van der Waals surface area contributed by atoms with Crippen LogP contribution in [0.15, 0.2) is 85.0 Å². The molecule has 0 aliphatic rings. The lowest BCUT2D eigenvalue weighted by molar-refractivity contribution is 0.333. The Morgan fingerprint density at radius 2 is 1.45 bits per heavy atom. The number of rotatable bonds is 11. The van der Waals surface area contributed by atoms with E-state index < -0.39 is 8.32 Å². The van der Waals surface area contributed by atoms with Crippen LogP contribution in [-0.2, 0) is 4.43 Å². The summed E-state index contributed by atoms with van der Waals surface area (Å²) in [5.74, 6) is 0. The van der Waals surface area contributed by atoms with Gasteiger partial charge in [-0.2, -0.15) is 0 Å². The molecule has 0 atom stereocenters. The third-order valence-corrected chi connectivity index (χ3v) is 10.5. The van der Waals surface area contributed by atoms with Gasteiger partial charge >= 0.3 is 0 Å². The lowest BCUT2D eigenvalue weighted by Crippen LogP contribution is -2.66. The molecule has 0 N–H and O–H groups in total. The van der Waals surface area contributed by atoms with E-state index in [0.29, 0.717) is 6.61 Å². The maximum atomic E-state index is 6.91. The number of hydrogen-bond acceptors (Lipinski definition) is 1. The minimum absolute atomic E-state index is 0.000145. The van der Waals surface area contributed by atoms with Gasteiger partial charge in [0, 0.05) is 0 Å². The summed E-state index contributed by atoms with van der Waals surface area (Å²) < 4.78 is 6.91. The Hall–Kier alpha value is -1.90. The fourth-order valence-corrected chi connectivity index (χ4v) is 8.51. The van der Waals surface area contributed by atoms with Crippen LogP contribution in [-0.4, -0.2) is 14.9 Å². The lowest BCUT2D eigenvalue weighted by Gasteiger charge is -2.43. The lowest BCUT2D eigenvalue weighted by atomic mass is 10.1. The predicted molar refractivity (Wildman–Crippen MR) is 131 cm³/mol. The van der Waals surface area contributed by atoms with Crippen LogP contribution in [0.5, 0.6) is 0 Å². The number of hydrogen-bond donors (Lipinski definition) is 0. The fourth-order valence-electron chi connectivity index (χ4n) is 3.95. The van der Waals surface area contributed by atoms with Gasteiger partial charge in [-0.3, -0.25) is 0 Å². The van der Waals surface area contributed by atoms with Crippen LogP contribution in [0.2, 0.25) is 5.04 Å². The Balaban J connectivity index is 2.23.